The summed E-state index contributed by atoms with van der Waals surface area (Å²) in [6, 6.07) is -2.30. The number of carbonyl (C=O) groups excluding carboxylic acids is 1. The van der Waals surface area contributed by atoms with Crippen LogP contribution in [0.4, 0.5) is 28.3 Å². The number of ether oxygens (including phenoxy) is 1. The van der Waals surface area contributed by atoms with E-state index in [0.29, 0.717) is 51.1 Å². The van der Waals surface area contributed by atoms with Crippen molar-refractivity contribution in [1.82, 2.24) is 20.2 Å². The van der Waals surface area contributed by atoms with E-state index in [1.54, 1.807) is 0 Å². The topological polar surface area (TPSA) is 108 Å². The van der Waals surface area contributed by atoms with Crippen LogP contribution in [-0.2, 0) is 9.53 Å². The van der Waals surface area contributed by atoms with Crippen LogP contribution in [0.5, 0.6) is 0 Å². The lowest BCUT2D eigenvalue weighted by Crippen LogP contribution is -2.54. The van der Waals surface area contributed by atoms with Gasteiger partial charge in [0.05, 0.1) is 37.2 Å². The normalized spacial score (nSPS) is 28.1. The van der Waals surface area contributed by atoms with Crippen molar-refractivity contribution in [3.8, 4) is 0 Å². The second-order valence-corrected chi connectivity index (χ2v) is 8.64. The minimum Gasteiger partial charge on any atom is -0.465 e. The summed E-state index contributed by atoms with van der Waals surface area (Å²) < 4.78 is 57.7. The van der Waals surface area contributed by atoms with E-state index in [4.69, 9.17) is 4.74 Å². The number of carboxylic acid groups (broad SMARTS) is 1. The summed E-state index contributed by atoms with van der Waals surface area (Å²) in [5.74, 6) is -2.58. The zero-order valence-corrected chi connectivity index (χ0v) is 17.7. The maximum Gasteiger partial charge on any atom is 0.471 e. The Labute approximate surface area is 187 Å². The fourth-order valence-corrected chi connectivity index (χ4v) is 5.27. The molecule has 3 aliphatic rings. The molecular weight excluding hydrogens is 450 g/mol. The lowest BCUT2D eigenvalue weighted by Gasteiger charge is -2.34. The minimum absolute atomic E-state index is 0.111. The van der Waals surface area contributed by atoms with Gasteiger partial charge in [-0.15, -0.1) is 0 Å². The number of nitrogens with one attached hydrogen (secondary N) is 1. The van der Waals surface area contributed by atoms with Gasteiger partial charge in [0.1, 0.15) is 0 Å². The number of nitrogens with zero attached hydrogens (tertiary/aromatic N) is 4. The van der Waals surface area contributed by atoms with E-state index in [9.17, 15) is 32.3 Å². The van der Waals surface area contributed by atoms with E-state index < -0.39 is 42.1 Å². The second-order valence-electron chi connectivity index (χ2n) is 8.64. The lowest BCUT2D eigenvalue weighted by molar-refractivity contribution is -0.175. The van der Waals surface area contributed by atoms with Crippen LogP contribution in [0, 0.1) is 11.7 Å². The first kappa shape index (κ1) is 23.5. The van der Waals surface area contributed by atoms with Gasteiger partial charge in [0.2, 0.25) is 5.95 Å². The molecule has 0 aromatic carbocycles. The van der Waals surface area contributed by atoms with Crippen LogP contribution in [0.3, 0.4) is 0 Å². The molecule has 2 amide bonds. The molecule has 182 valence electrons. The quantitative estimate of drug-likeness (QED) is 0.629. The maximum absolute atomic E-state index is 13.0. The van der Waals surface area contributed by atoms with Gasteiger partial charge in [-0.05, 0) is 25.7 Å². The van der Waals surface area contributed by atoms with Gasteiger partial charge in [0.15, 0.2) is 5.82 Å². The fraction of sp³-hybridized carbons (Fsp3) is 0.700. The molecule has 4 atom stereocenters. The molecule has 0 bridgehead atoms. The van der Waals surface area contributed by atoms with Crippen molar-refractivity contribution in [2.75, 3.05) is 24.6 Å². The minimum atomic E-state index is -5.05. The van der Waals surface area contributed by atoms with Crippen molar-refractivity contribution in [1.29, 1.82) is 0 Å². The van der Waals surface area contributed by atoms with Crippen LogP contribution in [0.15, 0.2) is 12.4 Å². The second kappa shape index (κ2) is 9.27. The smallest absolute Gasteiger partial charge is 0.465 e. The van der Waals surface area contributed by atoms with Crippen molar-refractivity contribution in [3.05, 3.63) is 18.2 Å². The number of rotatable bonds is 5. The molecule has 33 heavy (non-hydrogen) atoms. The summed E-state index contributed by atoms with van der Waals surface area (Å²) in [4.78, 5) is 34.5. The molecule has 1 saturated carbocycles. The largest absolute Gasteiger partial charge is 0.471 e. The van der Waals surface area contributed by atoms with Gasteiger partial charge in [0.25, 0.3) is 0 Å². The monoisotopic (exact) mass is 475 g/mol. The van der Waals surface area contributed by atoms with Gasteiger partial charge in [0, 0.05) is 25.0 Å². The lowest BCUT2D eigenvalue weighted by atomic mass is 9.95. The van der Waals surface area contributed by atoms with Gasteiger partial charge in [-0.3, -0.25) is 9.69 Å². The Morgan fingerprint density at radius 3 is 2.42 bits per heavy atom. The Balaban J connectivity index is 1.39. The fourth-order valence-electron chi connectivity index (χ4n) is 5.27. The van der Waals surface area contributed by atoms with E-state index in [-0.39, 0.29) is 18.6 Å². The van der Waals surface area contributed by atoms with E-state index in [1.165, 1.54) is 4.90 Å². The number of fused-ring (bicyclic) bond motifs is 1. The molecule has 0 radical (unpaired) electrons. The third kappa shape index (κ3) is 4.97. The molecule has 0 unspecified atom stereocenters. The van der Waals surface area contributed by atoms with E-state index in [0.717, 1.165) is 12.4 Å². The highest BCUT2D eigenvalue weighted by atomic mass is 19.4. The number of halogens is 4. The van der Waals surface area contributed by atoms with Crippen LogP contribution in [0.2, 0.25) is 0 Å². The molecule has 13 heteroatoms. The van der Waals surface area contributed by atoms with Crippen LogP contribution < -0.4 is 10.2 Å². The zero-order chi connectivity index (χ0) is 23.8. The molecule has 1 aliphatic carbocycles. The molecule has 3 heterocycles. The summed E-state index contributed by atoms with van der Waals surface area (Å²) in [5, 5.41) is 11.8. The molecule has 0 spiro atoms. The van der Waals surface area contributed by atoms with Crippen molar-refractivity contribution in [3.63, 3.8) is 0 Å². The third-order valence-electron chi connectivity index (χ3n) is 6.73. The van der Waals surface area contributed by atoms with Crippen molar-refractivity contribution < 1.29 is 37.0 Å². The van der Waals surface area contributed by atoms with Crippen LogP contribution >= 0.6 is 0 Å². The predicted molar refractivity (Wildman–Crippen MR) is 106 cm³/mol. The molecule has 2 aliphatic heterocycles. The molecule has 4 rings (SSSR count). The summed E-state index contributed by atoms with van der Waals surface area (Å²) in [7, 11) is 0. The van der Waals surface area contributed by atoms with Crippen LogP contribution in [-0.4, -0.2) is 82.1 Å². The molecule has 2 saturated heterocycles. The Morgan fingerprint density at radius 2 is 1.82 bits per heavy atom. The number of aromatic nitrogens is 2. The van der Waals surface area contributed by atoms with Crippen molar-refractivity contribution in [2.24, 2.45) is 5.92 Å². The first-order valence-electron chi connectivity index (χ1n) is 10.9. The Bertz CT molecular complexity index is 863. The first-order valence-corrected chi connectivity index (χ1v) is 10.9. The van der Waals surface area contributed by atoms with Gasteiger partial charge in [-0.1, -0.05) is 6.42 Å². The highest BCUT2D eigenvalue weighted by molar-refractivity contribution is 5.82. The van der Waals surface area contributed by atoms with Crippen LogP contribution in [0.1, 0.15) is 32.1 Å². The summed E-state index contributed by atoms with van der Waals surface area (Å²) in [6.45, 7) is 0.950. The summed E-state index contributed by atoms with van der Waals surface area (Å²) in [6.07, 6.45) is -1.45. The Morgan fingerprint density at radius 1 is 1.15 bits per heavy atom. The van der Waals surface area contributed by atoms with Crippen LogP contribution in [0.25, 0.3) is 0 Å². The predicted octanol–water partition coefficient (Wildman–Crippen LogP) is 2.18. The van der Waals surface area contributed by atoms with Gasteiger partial charge >= 0.3 is 18.2 Å². The summed E-state index contributed by atoms with van der Waals surface area (Å²) >= 11 is 0. The standard InChI is InChI=1S/C20H25F4N5O4/c21-11-8-25-18(26-9-11)28-6-4-12(5-7-28)33-10-15-16(27-17(30)20(22,23)24)13-2-1-3-14(13)29(15)19(31)32/h8-9,12-16H,1-7,10H2,(H,27,30)(H,31,32)/t13-,14+,15-,16-/m0/s1. The molecule has 2 N–H and O–H groups in total. The average molecular weight is 475 g/mol. The number of hydrogen-bond acceptors (Lipinski definition) is 6. The Kier molecular flexibility index (Phi) is 6.59. The molecular formula is C20H25F4N5O4. The highest BCUT2D eigenvalue weighted by Gasteiger charge is 2.55. The van der Waals surface area contributed by atoms with E-state index in [2.05, 4.69) is 9.97 Å². The average Bonchev–Trinajstić information content (AvgIpc) is 3.34. The number of likely N-dealkylation sites (tertiary alicyclic amines) is 1. The number of piperidine rings is 1. The first-order chi connectivity index (χ1) is 15.6. The number of amides is 2. The van der Waals surface area contributed by atoms with E-state index >= 15 is 0 Å². The SMILES string of the molecule is O=C(O)N1[C@@H]2CCC[C@@H]2[C@H](NC(=O)C(F)(F)F)[C@@H]1COC1CCN(c2ncc(F)cn2)CC1. The van der Waals surface area contributed by atoms with Gasteiger partial charge < -0.3 is 20.1 Å². The van der Waals surface area contributed by atoms with E-state index in [1.807, 2.05) is 10.2 Å². The molecule has 3 fully saturated rings. The third-order valence-corrected chi connectivity index (χ3v) is 6.73. The van der Waals surface area contributed by atoms with Crippen molar-refractivity contribution >= 4 is 17.9 Å². The highest BCUT2D eigenvalue weighted by Crippen LogP contribution is 2.42. The summed E-state index contributed by atoms with van der Waals surface area (Å²) in [5.41, 5.74) is 0. The molecule has 9 nitrogen and oxygen atoms in total. The van der Waals surface area contributed by atoms with Gasteiger partial charge in [-0.25, -0.2) is 19.2 Å². The Hall–Kier alpha value is -2.70. The number of alkyl halides is 3. The zero-order valence-electron chi connectivity index (χ0n) is 17.7. The maximum atomic E-state index is 13.0. The molecule has 1 aromatic heterocycles. The number of anilines is 1. The van der Waals surface area contributed by atoms with Crippen molar-refractivity contribution in [2.45, 2.75) is 62.5 Å². The van der Waals surface area contributed by atoms with Gasteiger partial charge in [-0.2, -0.15) is 13.2 Å². The molecule has 1 aromatic rings. The number of hydrogen-bond donors (Lipinski definition) is 2. The number of carbonyl (C=O) groups is 2.